The summed E-state index contributed by atoms with van der Waals surface area (Å²) in [4.78, 5) is 2.49. The Morgan fingerprint density at radius 3 is 2.71 bits per heavy atom. The fraction of sp³-hybridized carbons (Fsp3) is 1.00. The molecular weight excluding hydrogens is 192 g/mol. The van der Waals surface area contributed by atoms with Gasteiger partial charge < -0.3 is 10.2 Å². The van der Waals surface area contributed by atoms with E-state index in [-0.39, 0.29) is 0 Å². The highest BCUT2D eigenvalue weighted by molar-refractivity contribution is 7.99. The molecule has 0 aromatic heterocycles. The second kappa shape index (κ2) is 7.55. The van der Waals surface area contributed by atoms with Crippen molar-refractivity contribution in [2.45, 2.75) is 32.7 Å². The molecule has 0 saturated carbocycles. The highest BCUT2D eigenvalue weighted by atomic mass is 32.2. The van der Waals surface area contributed by atoms with E-state index < -0.39 is 0 Å². The molecule has 0 spiro atoms. The van der Waals surface area contributed by atoms with E-state index in [0.29, 0.717) is 0 Å². The minimum atomic E-state index is 0.803. The van der Waals surface area contributed by atoms with Crippen LogP contribution in [-0.2, 0) is 0 Å². The monoisotopic (exact) mass is 216 g/mol. The van der Waals surface area contributed by atoms with E-state index in [1.165, 1.54) is 50.5 Å². The minimum Gasteiger partial charge on any atom is -0.313 e. The van der Waals surface area contributed by atoms with Crippen LogP contribution in [0.4, 0.5) is 0 Å². The summed E-state index contributed by atoms with van der Waals surface area (Å²) in [5.41, 5.74) is 0. The van der Waals surface area contributed by atoms with Crippen molar-refractivity contribution in [1.82, 2.24) is 10.2 Å². The molecule has 1 saturated heterocycles. The zero-order valence-corrected chi connectivity index (χ0v) is 10.4. The Kier molecular flexibility index (Phi) is 6.65. The normalized spacial score (nSPS) is 22.1. The van der Waals surface area contributed by atoms with Gasteiger partial charge in [0.2, 0.25) is 0 Å². The van der Waals surface area contributed by atoms with Gasteiger partial charge in [0.15, 0.2) is 0 Å². The average Bonchev–Trinajstić information content (AvgIpc) is 2.71. The second-order valence-electron chi connectivity index (χ2n) is 3.90. The molecule has 1 heterocycles. The van der Waals surface area contributed by atoms with Crippen molar-refractivity contribution in [2.75, 3.05) is 37.7 Å². The summed E-state index contributed by atoms with van der Waals surface area (Å²) in [5, 5.41) is 3.64. The molecule has 1 rings (SSSR count). The molecule has 1 fully saturated rings. The van der Waals surface area contributed by atoms with Gasteiger partial charge in [-0.05, 0) is 44.8 Å². The molecule has 0 aromatic rings. The molecule has 0 aromatic carbocycles. The van der Waals surface area contributed by atoms with E-state index in [2.05, 4.69) is 35.8 Å². The van der Waals surface area contributed by atoms with E-state index in [9.17, 15) is 0 Å². The molecule has 1 aliphatic heterocycles. The maximum absolute atomic E-state index is 3.64. The van der Waals surface area contributed by atoms with Crippen LogP contribution < -0.4 is 5.32 Å². The van der Waals surface area contributed by atoms with Crippen LogP contribution in [0.1, 0.15) is 26.7 Å². The van der Waals surface area contributed by atoms with Gasteiger partial charge >= 0.3 is 0 Å². The molecule has 0 unspecified atom stereocenters. The zero-order valence-electron chi connectivity index (χ0n) is 9.59. The van der Waals surface area contributed by atoms with E-state index in [4.69, 9.17) is 0 Å². The molecule has 0 amide bonds. The molecule has 2 nitrogen and oxygen atoms in total. The van der Waals surface area contributed by atoms with Crippen LogP contribution in [0.5, 0.6) is 0 Å². The van der Waals surface area contributed by atoms with Crippen molar-refractivity contribution in [3.05, 3.63) is 0 Å². The highest BCUT2D eigenvalue weighted by Crippen LogP contribution is 2.16. The van der Waals surface area contributed by atoms with Gasteiger partial charge in [-0.15, -0.1) is 0 Å². The molecule has 1 N–H and O–H groups in total. The van der Waals surface area contributed by atoms with Crippen molar-refractivity contribution in [1.29, 1.82) is 0 Å². The van der Waals surface area contributed by atoms with Crippen LogP contribution >= 0.6 is 11.8 Å². The van der Waals surface area contributed by atoms with Gasteiger partial charge in [0.05, 0.1) is 0 Å². The predicted molar refractivity (Wildman–Crippen MR) is 66.1 cm³/mol. The topological polar surface area (TPSA) is 15.3 Å². The van der Waals surface area contributed by atoms with Crippen molar-refractivity contribution in [2.24, 2.45) is 0 Å². The number of hydrogen-bond acceptors (Lipinski definition) is 3. The Hall–Kier alpha value is 0.270. The first-order valence-corrected chi connectivity index (χ1v) is 7.05. The Balaban J connectivity index is 1.92. The molecule has 14 heavy (non-hydrogen) atoms. The standard InChI is InChI=1S/C11H24N2S/c1-3-13(4-2)8-5-7-12-11-6-9-14-10-11/h11-12H,3-10H2,1-2H3/t11-/m1/s1. The van der Waals surface area contributed by atoms with Crippen LogP contribution in [0.15, 0.2) is 0 Å². The Morgan fingerprint density at radius 1 is 1.36 bits per heavy atom. The minimum absolute atomic E-state index is 0.803. The average molecular weight is 216 g/mol. The third-order valence-electron chi connectivity index (χ3n) is 2.91. The molecule has 1 aliphatic rings. The van der Waals surface area contributed by atoms with Crippen LogP contribution in [0, 0.1) is 0 Å². The lowest BCUT2D eigenvalue weighted by Crippen LogP contribution is -2.32. The number of nitrogens with one attached hydrogen (secondary N) is 1. The molecule has 0 bridgehead atoms. The number of rotatable bonds is 7. The first-order chi connectivity index (χ1) is 6.86. The molecule has 3 heteroatoms. The number of nitrogens with zero attached hydrogens (tertiary/aromatic N) is 1. The van der Waals surface area contributed by atoms with Gasteiger partial charge in [-0.1, -0.05) is 13.8 Å². The van der Waals surface area contributed by atoms with Gasteiger partial charge in [-0.25, -0.2) is 0 Å². The van der Waals surface area contributed by atoms with Crippen LogP contribution in [0.25, 0.3) is 0 Å². The molecule has 0 radical (unpaired) electrons. The van der Waals surface area contributed by atoms with Crippen LogP contribution in [-0.4, -0.2) is 48.6 Å². The zero-order chi connectivity index (χ0) is 10.2. The van der Waals surface area contributed by atoms with E-state index >= 15 is 0 Å². The van der Waals surface area contributed by atoms with Crippen molar-refractivity contribution in [3.63, 3.8) is 0 Å². The predicted octanol–water partition coefficient (Wildman–Crippen LogP) is 1.81. The summed E-state index contributed by atoms with van der Waals surface area (Å²) in [7, 11) is 0. The Labute approximate surface area is 92.8 Å². The largest absolute Gasteiger partial charge is 0.313 e. The molecule has 0 aliphatic carbocycles. The van der Waals surface area contributed by atoms with E-state index in [0.717, 1.165) is 6.04 Å². The first kappa shape index (κ1) is 12.3. The number of hydrogen-bond donors (Lipinski definition) is 1. The fourth-order valence-corrected chi connectivity index (χ4v) is 3.03. The van der Waals surface area contributed by atoms with Crippen molar-refractivity contribution in [3.8, 4) is 0 Å². The Bertz CT molecular complexity index is 127. The molecule has 1 atom stereocenters. The molecular formula is C11H24N2S. The number of thioether (sulfide) groups is 1. The smallest absolute Gasteiger partial charge is 0.0166 e. The first-order valence-electron chi connectivity index (χ1n) is 5.90. The van der Waals surface area contributed by atoms with Crippen LogP contribution in [0.3, 0.4) is 0 Å². The third-order valence-corrected chi connectivity index (χ3v) is 4.07. The van der Waals surface area contributed by atoms with Gasteiger partial charge in [0.25, 0.3) is 0 Å². The van der Waals surface area contributed by atoms with Gasteiger partial charge in [0.1, 0.15) is 0 Å². The maximum atomic E-state index is 3.64. The van der Waals surface area contributed by atoms with Crippen molar-refractivity contribution >= 4 is 11.8 Å². The summed E-state index contributed by atoms with van der Waals surface area (Å²) in [6.45, 7) is 9.31. The third kappa shape index (κ3) is 4.67. The summed E-state index contributed by atoms with van der Waals surface area (Å²) in [5.74, 6) is 2.68. The van der Waals surface area contributed by atoms with Gasteiger partial charge in [0, 0.05) is 11.8 Å². The summed E-state index contributed by atoms with van der Waals surface area (Å²) >= 11 is 2.08. The SMILES string of the molecule is CCN(CC)CCCN[C@@H]1CCSC1. The summed E-state index contributed by atoms with van der Waals surface area (Å²) < 4.78 is 0. The highest BCUT2D eigenvalue weighted by Gasteiger charge is 2.13. The lowest BCUT2D eigenvalue weighted by atomic mass is 10.2. The van der Waals surface area contributed by atoms with Crippen molar-refractivity contribution < 1.29 is 0 Å². The van der Waals surface area contributed by atoms with E-state index in [1.807, 2.05) is 0 Å². The lowest BCUT2D eigenvalue weighted by Gasteiger charge is -2.18. The molecule has 84 valence electrons. The Morgan fingerprint density at radius 2 is 2.14 bits per heavy atom. The van der Waals surface area contributed by atoms with Gasteiger partial charge in [-0.2, -0.15) is 11.8 Å². The van der Waals surface area contributed by atoms with E-state index in [1.54, 1.807) is 0 Å². The maximum Gasteiger partial charge on any atom is 0.0166 e. The second-order valence-corrected chi connectivity index (χ2v) is 5.04. The summed E-state index contributed by atoms with van der Waals surface area (Å²) in [6.07, 6.45) is 2.67. The summed E-state index contributed by atoms with van der Waals surface area (Å²) in [6, 6.07) is 0.803. The fourth-order valence-electron chi connectivity index (χ4n) is 1.84. The van der Waals surface area contributed by atoms with Crippen LogP contribution in [0.2, 0.25) is 0 Å². The quantitative estimate of drug-likeness (QED) is 0.654. The van der Waals surface area contributed by atoms with Gasteiger partial charge in [-0.3, -0.25) is 0 Å². The lowest BCUT2D eigenvalue weighted by molar-refractivity contribution is 0.296.